The molecule has 0 aliphatic rings. The minimum absolute atomic E-state index is 0.308. The first kappa shape index (κ1) is 25.3. The van der Waals surface area contributed by atoms with E-state index in [9.17, 15) is 22.5 Å². The zero-order chi connectivity index (χ0) is 25.9. The number of alkyl halides is 3. The normalized spacial score (nSPS) is 13.7. The van der Waals surface area contributed by atoms with E-state index in [2.05, 4.69) is 10.2 Å². The monoisotopic (exact) mass is 510 g/mol. The van der Waals surface area contributed by atoms with Crippen LogP contribution in [0.3, 0.4) is 0 Å². The number of hydrogen-bond acceptors (Lipinski definition) is 3. The Labute approximate surface area is 208 Å². The SMILES string of the molecule is CC/C(=C(/c1ccc(/C=C/C(=O)O)cc1)c1ccc2[nH]ncc2c1)c1ccc([S+]([O-])C(F)(F)F)cc1. The highest BCUT2D eigenvalue weighted by Gasteiger charge is 2.46. The van der Waals surface area contributed by atoms with E-state index in [4.69, 9.17) is 5.11 Å². The van der Waals surface area contributed by atoms with Crippen LogP contribution in [0.15, 0.2) is 83.9 Å². The minimum Gasteiger partial charge on any atom is -0.604 e. The van der Waals surface area contributed by atoms with Gasteiger partial charge in [0.1, 0.15) is 0 Å². The van der Waals surface area contributed by atoms with E-state index in [0.717, 1.165) is 39.3 Å². The van der Waals surface area contributed by atoms with Gasteiger partial charge in [0.2, 0.25) is 0 Å². The smallest absolute Gasteiger partial charge is 0.578 e. The second kappa shape index (κ2) is 10.4. The lowest BCUT2D eigenvalue weighted by molar-refractivity contribution is -0.131. The van der Waals surface area contributed by atoms with Crippen molar-refractivity contribution in [3.05, 3.63) is 101 Å². The summed E-state index contributed by atoms with van der Waals surface area (Å²) in [6, 6.07) is 18.8. The summed E-state index contributed by atoms with van der Waals surface area (Å²) < 4.78 is 50.5. The second-order valence-corrected chi connectivity index (χ2v) is 9.38. The molecular formula is C27H21F3N2O3S. The van der Waals surface area contributed by atoms with Gasteiger partial charge in [0.25, 0.3) is 0 Å². The number of nitrogens with one attached hydrogen (secondary N) is 1. The molecule has 0 fully saturated rings. The van der Waals surface area contributed by atoms with Crippen molar-refractivity contribution in [1.82, 2.24) is 10.2 Å². The number of H-pyrrole nitrogens is 1. The third-order valence-electron chi connectivity index (χ3n) is 5.63. The van der Waals surface area contributed by atoms with Gasteiger partial charge in [-0.1, -0.05) is 37.3 Å². The predicted octanol–water partition coefficient (Wildman–Crippen LogP) is 6.66. The highest BCUT2D eigenvalue weighted by atomic mass is 32.2. The van der Waals surface area contributed by atoms with Crippen molar-refractivity contribution in [3.8, 4) is 0 Å². The molecule has 36 heavy (non-hydrogen) atoms. The Hall–Kier alpha value is -3.82. The van der Waals surface area contributed by atoms with Crippen molar-refractivity contribution >= 4 is 45.3 Å². The quantitative estimate of drug-likeness (QED) is 0.165. The molecule has 0 amide bonds. The Morgan fingerprint density at radius 3 is 2.28 bits per heavy atom. The van der Waals surface area contributed by atoms with Gasteiger partial charge in [-0.15, -0.1) is 13.2 Å². The Morgan fingerprint density at radius 2 is 1.67 bits per heavy atom. The summed E-state index contributed by atoms with van der Waals surface area (Å²) in [5.41, 5.74) is 0.954. The summed E-state index contributed by atoms with van der Waals surface area (Å²) in [6.45, 7) is 1.96. The summed E-state index contributed by atoms with van der Waals surface area (Å²) in [5, 5.41) is 16.8. The third-order valence-corrected chi connectivity index (χ3v) is 6.75. The molecule has 1 unspecified atom stereocenters. The molecule has 1 heterocycles. The lowest BCUT2D eigenvalue weighted by Gasteiger charge is -2.17. The molecule has 1 aromatic heterocycles. The Morgan fingerprint density at radius 1 is 1.03 bits per heavy atom. The van der Waals surface area contributed by atoms with Crippen LogP contribution in [0, 0.1) is 0 Å². The molecule has 0 aliphatic carbocycles. The number of aromatic amines is 1. The van der Waals surface area contributed by atoms with E-state index in [1.807, 2.05) is 37.3 Å². The van der Waals surface area contributed by atoms with Gasteiger partial charge >= 0.3 is 11.5 Å². The van der Waals surface area contributed by atoms with Gasteiger partial charge in [0.05, 0.1) is 22.9 Å². The van der Waals surface area contributed by atoms with Gasteiger partial charge in [0.15, 0.2) is 4.90 Å². The number of hydrogen-bond donors (Lipinski definition) is 2. The first-order chi connectivity index (χ1) is 17.2. The Balaban J connectivity index is 1.85. The average Bonchev–Trinajstić information content (AvgIpc) is 3.33. The standard InChI is InChI=1S/C27H21F3N2O3S/c1-2-23(18-8-11-22(12-9-18)36(35)27(28,29)30)26(20-10-13-24-21(15-20)16-31-32-24)19-6-3-17(4-7-19)5-14-25(33)34/h3-16H,2H2,1H3,(H,31,32)(H,33,34)/b14-5+,26-23+. The highest BCUT2D eigenvalue weighted by molar-refractivity contribution is 7.92. The molecule has 9 heteroatoms. The Kier molecular flexibility index (Phi) is 7.32. The molecule has 2 N–H and O–H groups in total. The number of halogens is 3. The second-order valence-electron chi connectivity index (χ2n) is 7.91. The molecule has 0 bridgehead atoms. The van der Waals surface area contributed by atoms with Crippen molar-refractivity contribution in [2.45, 2.75) is 23.7 Å². The number of allylic oxidation sites excluding steroid dienone is 1. The lowest BCUT2D eigenvalue weighted by Crippen LogP contribution is -2.23. The van der Waals surface area contributed by atoms with Crippen LogP contribution in [-0.2, 0) is 16.0 Å². The van der Waals surface area contributed by atoms with E-state index in [0.29, 0.717) is 17.5 Å². The number of aromatic nitrogens is 2. The van der Waals surface area contributed by atoms with Crippen molar-refractivity contribution in [2.75, 3.05) is 0 Å². The highest BCUT2D eigenvalue weighted by Crippen LogP contribution is 2.37. The summed E-state index contributed by atoms with van der Waals surface area (Å²) in [4.78, 5) is 10.5. The van der Waals surface area contributed by atoms with Crippen LogP contribution in [-0.4, -0.2) is 31.3 Å². The Bertz CT molecular complexity index is 1440. The zero-order valence-electron chi connectivity index (χ0n) is 19.0. The van der Waals surface area contributed by atoms with Gasteiger partial charge in [-0.3, -0.25) is 5.10 Å². The van der Waals surface area contributed by atoms with Gasteiger partial charge in [-0.05, 0) is 82.3 Å². The van der Waals surface area contributed by atoms with Crippen LogP contribution in [0.4, 0.5) is 13.2 Å². The van der Waals surface area contributed by atoms with Crippen molar-refractivity contribution in [2.24, 2.45) is 0 Å². The first-order valence-electron chi connectivity index (χ1n) is 10.9. The van der Waals surface area contributed by atoms with Crippen LogP contribution >= 0.6 is 0 Å². The summed E-state index contributed by atoms with van der Waals surface area (Å²) in [7, 11) is 0. The molecule has 0 radical (unpaired) electrons. The summed E-state index contributed by atoms with van der Waals surface area (Å²) >= 11 is -3.10. The maximum atomic E-state index is 12.9. The van der Waals surface area contributed by atoms with Crippen LogP contribution in [0.1, 0.15) is 35.6 Å². The van der Waals surface area contributed by atoms with Gasteiger partial charge in [-0.25, -0.2) is 4.79 Å². The van der Waals surface area contributed by atoms with Crippen molar-refractivity contribution in [1.29, 1.82) is 0 Å². The van der Waals surface area contributed by atoms with E-state index in [-0.39, 0.29) is 4.90 Å². The van der Waals surface area contributed by atoms with Crippen LogP contribution < -0.4 is 0 Å². The zero-order valence-corrected chi connectivity index (χ0v) is 19.9. The molecule has 0 saturated heterocycles. The maximum absolute atomic E-state index is 12.9. The maximum Gasteiger partial charge on any atom is 0.578 e. The number of carboxylic acid groups (broad SMARTS) is 1. The predicted molar refractivity (Wildman–Crippen MR) is 134 cm³/mol. The number of aliphatic carboxylic acids is 1. The molecule has 4 aromatic rings. The molecule has 5 nitrogen and oxygen atoms in total. The largest absolute Gasteiger partial charge is 0.604 e. The lowest BCUT2D eigenvalue weighted by atomic mass is 9.87. The van der Waals surface area contributed by atoms with Crippen molar-refractivity contribution < 1.29 is 27.6 Å². The molecule has 0 spiro atoms. The van der Waals surface area contributed by atoms with Gasteiger partial charge in [0, 0.05) is 11.5 Å². The van der Waals surface area contributed by atoms with Crippen molar-refractivity contribution in [3.63, 3.8) is 0 Å². The molecule has 184 valence electrons. The first-order valence-corrected chi connectivity index (χ1v) is 12.1. The average molecular weight is 511 g/mol. The molecule has 3 aromatic carbocycles. The molecule has 4 rings (SSSR count). The van der Waals surface area contributed by atoms with Gasteiger partial charge < -0.3 is 9.66 Å². The number of fused-ring (bicyclic) bond motifs is 1. The van der Waals surface area contributed by atoms with Gasteiger partial charge in [-0.2, -0.15) is 5.10 Å². The third kappa shape index (κ3) is 5.53. The minimum atomic E-state index is -4.83. The fourth-order valence-electron chi connectivity index (χ4n) is 3.98. The topological polar surface area (TPSA) is 89.0 Å². The number of nitrogens with zero attached hydrogens (tertiary/aromatic N) is 1. The summed E-state index contributed by atoms with van der Waals surface area (Å²) in [5.74, 6) is -1.05. The molecule has 0 aliphatic heterocycles. The molecular weight excluding hydrogens is 489 g/mol. The number of rotatable bonds is 7. The van der Waals surface area contributed by atoms with Crippen LogP contribution in [0.2, 0.25) is 0 Å². The number of benzene rings is 3. The van der Waals surface area contributed by atoms with E-state index >= 15 is 0 Å². The van der Waals surface area contributed by atoms with E-state index in [1.54, 1.807) is 30.5 Å². The number of carboxylic acids is 1. The fourth-order valence-corrected chi connectivity index (χ4v) is 4.63. The summed E-state index contributed by atoms with van der Waals surface area (Å²) in [6.07, 6.45) is 4.83. The fraction of sp³-hybridized carbons (Fsp3) is 0.111. The molecule has 1 atom stereocenters. The molecule has 0 saturated carbocycles. The van der Waals surface area contributed by atoms with E-state index < -0.39 is 22.7 Å². The number of carbonyl (C=O) groups is 1. The van der Waals surface area contributed by atoms with E-state index in [1.165, 1.54) is 18.2 Å². The van der Waals surface area contributed by atoms with Crippen LogP contribution in [0.25, 0.3) is 28.1 Å². The van der Waals surface area contributed by atoms with Crippen LogP contribution in [0.5, 0.6) is 0 Å².